The topological polar surface area (TPSA) is 43.1 Å². The highest BCUT2D eigenvalue weighted by atomic mass is 32.2. The fraction of sp³-hybridized carbons (Fsp3) is 0.143. The van der Waals surface area contributed by atoms with Crippen LogP contribution in [0.2, 0.25) is 0 Å². The lowest BCUT2D eigenvalue weighted by Gasteiger charge is -2.06. The summed E-state index contributed by atoms with van der Waals surface area (Å²) in [5.74, 6) is -2.24. The standard InChI is InChI=1S/C14H12F3NOS/c15-11-3-4-12(16)14(6-11)20(19)8-10-2-1-9(7-18)5-13(10)17/h1-6H,7-8,18H2. The Labute approximate surface area is 116 Å². The lowest BCUT2D eigenvalue weighted by molar-refractivity contribution is 0.571. The number of hydrogen-bond donors (Lipinski definition) is 1. The summed E-state index contributed by atoms with van der Waals surface area (Å²) in [5, 5.41) is 0. The number of hydrogen-bond acceptors (Lipinski definition) is 2. The molecule has 1 atom stereocenters. The first-order valence-electron chi connectivity index (χ1n) is 5.82. The lowest BCUT2D eigenvalue weighted by Crippen LogP contribution is -2.04. The maximum atomic E-state index is 13.7. The van der Waals surface area contributed by atoms with Gasteiger partial charge in [0.2, 0.25) is 0 Å². The Morgan fingerprint density at radius 1 is 1.00 bits per heavy atom. The molecule has 0 radical (unpaired) electrons. The van der Waals surface area contributed by atoms with Crippen molar-refractivity contribution in [3.05, 3.63) is 65.0 Å². The van der Waals surface area contributed by atoms with Crippen LogP contribution in [0.1, 0.15) is 11.1 Å². The molecular formula is C14H12F3NOS. The van der Waals surface area contributed by atoms with Gasteiger partial charge in [0, 0.05) is 12.1 Å². The molecule has 6 heteroatoms. The molecular weight excluding hydrogens is 287 g/mol. The first-order chi connectivity index (χ1) is 9.51. The van der Waals surface area contributed by atoms with E-state index in [0.717, 1.165) is 18.2 Å². The Morgan fingerprint density at radius 3 is 2.40 bits per heavy atom. The highest BCUT2D eigenvalue weighted by Gasteiger charge is 2.14. The van der Waals surface area contributed by atoms with Crippen LogP contribution in [-0.2, 0) is 23.1 Å². The van der Waals surface area contributed by atoms with E-state index >= 15 is 0 Å². The van der Waals surface area contributed by atoms with Crippen molar-refractivity contribution in [2.24, 2.45) is 5.73 Å². The number of benzene rings is 2. The third-order valence-corrected chi connectivity index (χ3v) is 4.15. The Hall–Kier alpha value is -1.66. The molecule has 0 aliphatic heterocycles. The van der Waals surface area contributed by atoms with Gasteiger partial charge in [-0.2, -0.15) is 0 Å². The summed E-state index contributed by atoms with van der Waals surface area (Å²) in [6.45, 7) is 0.193. The average Bonchev–Trinajstić information content (AvgIpc) is 2.43. The fourth-order valence-corrected chi connectivity index (χ4v) is 2.91. The van der Waals surface area contributed by atoms with Gasteiger partial charge in [0.25, 0.3) is 0 Å². The van der Waals surface area contributed by atoms with E-state index in [2.05, 4.69) is 0 Å². The molecule has 106 valence electrons. The SMILES string of the molecule is NCc1ccc(CS(=O)c2cc(F)ccc2F)c(F)c1. The second-order valence-electron chi connectivity index (χ2n) is 4.19. The molecule has 0 aliphatic rings. The fourth-order valence-electron chi connectivity index (χ4n) is 1.71. The monoisotopic (exact) mass is 299 g/mol. The summed E-state index contributed by atoms with van der Waals surface area (Å²) in [4.78, 5) is -0.271. The summed E-state index contributed by atoms with van der Waals surface area (Å²) >= 11 is 0. The van der Waals surface area contributed by atoms with Crippen molar-refractivity contribution in [2.45, 2.75) is 17.2 Å². The largest absolute Gasteiger partial charge is 0.326 e. The van der Waals surface area contributed by atoms with Gasteiger partial charge < -0.3 is 5.73 Å². The highest BCUT2D eigenvalue weighted by Crippen LogP contribution is 2.19. The number of nitrogens with two attached hydrogens (primary N) is 1. The van der Waals surface area contributed by atoms with Crippen LogP contribution in [-0.4, -0.2) is 4.21 Å². The van der Waals surface area contributed by atoms with Crippen LogP contribution in [0.25, 0.3) is 0 Å². The smallest absolute Gasteiger partial charge is 0.139 e. The first-order valence-corrected chi connectivity index (χ1v) is 7.14. The van der Waals surface area contributed by atoms with Crippen LogP contribution >= 0.6 is 0 Å². The van der Waals surface area contributed by atoms with Gasteiger partial charge in [-0.05, 0) is 29.8 Å². The average molecular weight is 299 g/mol. The molecule has 2 N–H and O–H groups in total. The summed E-state index contributed by atoms with van der Waals surface area (Å²) in [5.41, 5.74) is 6.16. The molecule has 0 amide bonds. The van der Waals surface area contributed by atoms with Crippen molar-refractivity contribution in [3.8, 4) is 0 Å². The second kappa shape index (κ2) is 6.19. The van der Waals surface area contributed by atoms with Gasteiger partial charge in [-0.25, -0.2) is 13.2 Å². The molecule has 2 nitrogen and oxygen atoms in total. The maximum Gasteiger partial charge on any atom is 0.139 e. The summed E-state index contributed by atoms with van der Waals surface area (Å²) in [7, 11) is -1.86. The van der Waals surface area contributed by atoms with Crippen LogP contribution in [0.3, 0.4) is 0 Å². The minimum atomic E-state index is -1.86. The summed E-state index contributed by atoms with van der Waals surface area (Å²) in [6, 6.07) is 7.00. The lowest BCUT2D eigenvalue weighted by atomic mass is 10.1. The Bertz CT molecular complexity index is 661. The highest BCUT2D eigenvalue weighted by molar-refractivity contribution is 7.84. The zero-order valence-corrected chi connectivity index (χ0v) is 11.2. The number of rotatable bonds is 4. The van der Waals surface area contributed by atoms with E-state index in [-0.39, 0.29) is 22.8 Å². The molecule has 0 saturated heterocycles. The van der Waals surface area contributed by atoms with Crippen LogP contribution in [0, 0.1) is 17.5 Å². The molecule has 0 saturated carbocycles. The molecule has 2 rings (SSSR count). The quantitative estimate of drug-likeness (QED) is 0.943. The summed E-state index contributed by atoms with van der Waals surface area (Å²) in [6.07, 6.45) is 0. The molecule has 0 spiro atoms. The predicted octanol–water partition coefficient (Wildman–Crippen LogP) is 2.87. The van der Waals surface area contributed by atoms with Crippen molar-refractivity contribution in [1.29, 1.82) is 0 Å². The normalized spacial score (nSPS) is 12.4. The summed E-state index contributed by atoms with van der Waals surface area (Å²) < 4.78 is 52.2. The molecule has 2 aromatic rings. The molecule has 0 aromatic heterocycles. The van der Waals surface area contributed by atoms with E-state index in [9.17, 15) is 17.4 Å². The maximum absolute atomic E-state index is 13.7. The van der Waals surface area contributed by atoms with Crippen LogP contribution in [0.4, 0.5) is 13.2 Å². The molecule has 20 heavy (non-hydrogen) atoms. The molecule has 0 aliphatic carbocycles. The zero-order valence-electron chi connectivity index (χ0n) is 10.4. The molecule has 0 bridgehead atoms. The van der Waals surface area contributed by atoms with Gasteiger partial charge >= 0.3 is 0 Å². The van der Waals surface area contributed by atoms with E-state index in [1.807, 2.05) is 0 Å². The van der Waals surface area contributed by atoms with Crippen molar-refractivity contribution >= 4 is 10.8 Å². The van der Waals surface area contributed by atoms with E-state index < -0.39 is 28.3 Å². The molecule has 1 unspecified atom stereocenters. The minimum Gasteiger partial charge on any atom is -0.326 e. The minimum absolute atomic E-state index is 0.171. The van der Waals surface area contributed by atoms with E-state index in [0.29, 0.717) is 5.56 Å². The van der Waals surface area contributed by atoms with Gasteiger partial charge in [0.05, 0.1) is 21.4 Å². The molecule has 0 fully saturated rings. The van der Waals surface area contributed by atoms with Crippen LogP contribution in [0.5, 0.6) is 0 Å². The zero-order chi connectivity index (χ0) is 14.7. The van der Waals surface area contributed by atoms with Crippen LogP contribution in [0.15, 0.2) is 41.3 Å². The number of halogens is 3. The van der Waals surface area contributed by atoms with Gasteiger partial charge in [-0.3, -0.25) is 4.21 Å². The van der Waals surface area contributed by atoms with Gasteiger partial charge in [-0.15, -0.1) is 0 Å². The van der Waals surface area contributed by atoms with Gasteiger partial charge in [0.1, 0.15) is 17.5 Å². The Balaban J connectivity index is 2.25. The van der Waals surface area contributed by atoms with Crippen molar-refractivity contribution < 1.29 is 17.4 Å². The van der Waals surface area contributed by atoms with E-state index in [4.69, 9.17) is 5.73 Å². The Morgan fingerprint density at radius 2 is 1.75 bits per heavy atom. The Kier molecular flexibility index (Phi) is 4.57. The third kappa shape index (κ3) is 3.26. The van der Waals surface area contributed by atoms with Crippen molar-refractivity contribution in [1.82, 2.24) is 0 Å². The predicted molar refractivity (Wildman–Crippen MR) is 70.8 cm³/mol. The first kappa shape index (κ1) is 14.7. The van der Waals surface area contributed by atoms with E-state index in [1.54, 1.807) is 6.07 Å². The van der Waals surface area contributed by atoms with E-state index in [1.165, 1.54) is 12.1 Å². The van der Waals surface area contributed by atoms with Gasteiger partial charge in [0.15, 0.2) is 0 Å². The molecule has 0 heterocycles. The molecule has 2 aromatic carbocycles. The van der Waals surface area contributed by atoms with Crippen molar-refractivity contribution in [3.63, 3.8) is 0 Å². The third-order valence-electron chi connectivity index (χ3n) is 2.78. The van der Waals surface area contributed by atoms with Crippen LogP contribution < -0.4 is 5.73 Å². The second-order valence-corrected chi connectivity index (χ2v) is 5.61. The van der Waals surface area contributed by atoms with Gasteiger partial charge in [-0.1, -0.05) is 12.1 Å². The van der Waals surface area contributed by atoms with Crippen molar-refractivity contribution in [2.75, 3.05) is 0 Å².